The van der Waals surface area contributed by atoms with Gasteiger partial charge in [0.15, 0.2) is 5.78 Å². The fraction of sp³-hybridized carbons (Fsp3) is 0.0833. The molecule has 0 saturated carbocycles. The lowest BCUT2D eigenvalue weighted by Gasteiger charge is -1.97. The molecular formula is C12H9NO3. The normalized spacial score (nSPS) is 9.94. The van der Waals surface area contributed by atoms with Crippen LogP contribution in [0, 0.1) is 11.3 Å². The lowest BCUT2D eigenvalue weighted by molar-refractivity contribution is -0.131. The lowest BCUT2D eigenvalue weighted by Crippen LogP contribution is -1.96. The van der Waals surface area contributed by atoms with E-state index in [1.165, 1.54) is 6.08 Å². The Hall–Kier alpha value is -2.41. The number of carbonyl (C=O) groups is 2. The van der Waals surface area contributed by atoms with Crippen molar-refractivity contribution in [3.63, 3.8) is 0 Å². The van der Waals surface area contributed by atoms with Crippen LogP contribution in [0.4, 0.5) is 0 Å². The number of nitriles is 1. The fourth-order valence-corrected chi connectivity index (χ4v) is 1.12. The second-order valence-corrected chi connectivity index (χ2v) is 3.05. The van der Waals surface area contributed by atoms with Gasteiger partial charge in [-0.2, -0.15) is 5.26 Å². The van der Waals surface area contributed by atoms with E-state index in [2.05, 4.69) is 0 Å². The number of Topliss-reactive ketones (excluding diaryl/α,β-unsaturated/α-hetero) is 1. The number of rotatable bonds is 4. The van der Waals surface area contributed by atoms with Gasteiger partial charge in [-0.15, -0.1) is 0 Å². The van der Waals surface area contributed by atoms with Gasteiger partial charge in [-0.25, -0.2) is 4.79 Å². The highest BCUT2D eigenvalue weighted by molar-refractivity contribution is 5.97. The minimum Gasteiger partial charge on any atom is -0.478 e. The Balaban J connectivity index is 2.80. The summed E-state index contributed by atoms with van der Waals surface area (Å²) >= 11 is 0. The van der Waals surface area contributed by atoms with Crippen molar-refractivity contribution < 1.29 is 14.7 Å². The van der Waals surface area contributed by atoms with Crippen LogP contribution in [0.2, 0.25) is 0 Å². The Morgan fingerprint density at radius 2 is 1.94 bits per heavy atom. The molecule has 0 bridgehead atoms. The molecule has 0 radical (unpaired) electrons. The number of carboxylic acids is 1. The van der Waals surface area contributed by atoms with E-state index < -0.39 is 5.97 Å². The maximum Gasteiger partial charge on any atom is 0.328 e. The Morgan fingerprint density at radius 3 is 2.44 bits per heavy atom. The molecule has 1 rings (SSSR count). The van der Waals surface area contributed by atoms with E-state index in [-0.39, 0.29) is 12.2 Å². The quantitative estimate of drug-likeness (QED) is 0.614. The van der Waals surface area contributed by atoms with Gasteiger partial charge in [0.1, 0.15) is 0 Å². The molecule has 0 aliphatic rings. The van der Waals surface area contributed by atoms with Crippen molar-refractivity contribution in [2.45, 2.75) is 6.42 Å². The van der Waals surface area contributed by atoms with Gasteiger partial charge in [0.2, 0.25) is 0 Å². The molecule has 0 aliphatic heterocycles. The number of benzene rings is 1. The molecule has 1 aromatic rings. The summed E-state index contributed by atoms with van der Waals surface area (Å²) in [5, 5.41) is 16.8. The first-order valence-electron chi connectivity index (χ1n) is 4.54. The molecule has 80 valence electrons. The first kappa shape index (κ1) is 11.7. The molecule has 0 fully saturated rings. The Kier molecular flexibility index (Phi) is 3.98. The van der Waals surface area contributed by atoms with Crippen molar-refractivity contribution in [2.75, 3.05) is 0 Å². The van der Waals surface area contributed by atoms with Crippen LogP contribution in [-0.4, -0.2) is 16.9 Å². The molecule has 0 amide bonds. The van der Waals surface area contributed by atoms with E-state index in [9.17, 15) is 9.59 Å². The largest absolute Gasteiger partial charge is 0.478 e. The van der Waals surface area contributed by atoms with E-state index >= 15 is 0 Å². The van der Waals surface area contributed by atoms with Crippen LogP contribution < -0.4 is 0 Å². The van der Waals surface area contributed by atoms with Gasteiger partial charge in [-0.05, 0) is 11.6 Å². The number of carboxylic acid groups (broad SMARTS) is 1. The second kappa shape index (κ2) is 5.47. The van der Waals surface area contributed by atoms with Crippen molar-refractivity contribution >= 4 is 17.8 Å². The number of hydrogen-bond acceptors (Lipinski definition) is 3. The summed E-state index contributed by atoms with van der Waals surface area (Å²) in [7, 11) is 0. The van der Waals surface area contributed by atoms with Gasteiger partial charge in [-0.3, -0.25) is 4.79 Å². The van der Waals surface area contributed by atoms with Gasteiger partial charge in [-0.1, -0.05) is 24.3 Å². The van der Waals surface area contributed by atoms with Gasteiger partial charge in [0, 0.05) is 11.6 Å². The third-order valence-corrected chi connectivity index (χ3v) is 1.89. The smallest absolute Gasteiger partial charge is 0.328 e. The van der Waals surface area contributed by atoms with E-state index in [1.54, 1.807) is 30.3 Å². The highest BCUT2D eigenvalue weighted by Crippen LogP contribution is 2.08. The Bertz CT molecular complexity index is 466. The van der Waals surface area contributed by atoms with Crippen LogP contribution in [0.15, 0.2) is 30.3 Å². The molecule has 16 heavy (non-hydrogen) atoms. The van der Waals surface area contributed by atoms with Crippen molar-refractivity contribution in [2.24, 2.45) is 0 Å². The number of aliphatic carboxylic acids is 1. The number of ketones is 1. The van der Waals surface area contributed by atoms with E-state index in [1.807, 2.05) is 0 Å². The maximum absolute atomic E-state index is 11.3. The zero-order chi connectivity index (χ0) is 12.0. The summed E-state index contributed by atoms with van der Waals surface area (Å²) in [6, 6.07) is 8.18. The summed E-state index contributed by atoms with van der Waals surface area (Å²) in [5.41, 5.74) is 1.14. The van der Waals surface area contributed by atoms with Gasteiger partial charge >= 0.3 is 5.97 Å². The van der Waals surface area contributed by atoms with Gasteiger partial charge in [0.25, 0.3) is 0 Å². The van der Waals surface area contributed by atoms with Crippen LogP contribution in [0.3, 0.4) is 0 Å². The molecule has 0 atom stereocenters. The predicted octanol–water partition coefficient (Wildman–Crippen LogP) is 1.88. The van der Waals surface area contributed by atoms with Crippen LogP contribution >= 0.6 is 0 Å². The second-order valence-electron chi connectivity index (χ2n) is 3.05. The monoisotopic (exact) mass is 215 g/mol. The SMILES string of the molecule is N#CCC(=O)c1ccc(C=CC(=O)O)cc1. The highest BCUT2D eigenvalue weighted by atomic mass is 16.4. The van der Waals surface area contributed by atoms with Crippen LogP contribution in [0.25, 0.3) is 6.08 Å². The minimum atomic E-state index is -1.02. The lowest BCUT2D eigenvalue weighted by atomic mass is 10.1. The standard InChI is InChI=1S/C12H9NO3/c13-8-7-11(14)10-4-1-9(2-5-10)3-6-12(15)16/h1-6H,7H2,(H,15,16). The Morgan fingerprint density at radius 1 is 1.31 bits per heavy atom. The molecule has 1 N–H and O–H groups in total. The van der Waals surface area contributed by atoms with Crippen molar-refractivity contribution in [1.29, 1.82) is 5.26 Å². The molecule has 0 spiro atoms. The predicted molar refractivity (Wildman–Crippen MR) is 57.7 cm³/mol. The molecule has 4 heteroatoms. The van der Waals surface area contributed by atoms with E-state index in [0.717, 1.165) is 6.08 Å². The minimum absolute atomic E-state index is 0.149. The summed E-state index contributed by atoms with van der Waals surface area (Å²) in [5.74, 6) is -1.26. The molecule has 0 saturated heterocycles. The highest BCUT2D eigenvalue weighted by Gasteiger charge is 2.03. The average Bonchev–Trinajstić information content (AvgIpc) is 2.27. The molecule has 0 aromatic heterocycles. The van der Waals surface area contributed by atoms with Crippen molar-refractivity contribution in [3.8, 4) is 6.07 Å². The third kappa shape index (κ3) is 3.39. The molecule has 0 unspecified atom stereocenters. The zero-order valence-electron chi connectivity index (χ0n) is 8.38. The van der Waals surface area contributed by atoms with E-state index in [4.69, 9.17) is 10.4 Å². The summed E-state index contributed by atoms with van der Waals surface area (Å²) in [6.45, 7) is 0. The summed E-state index contributed by atoms with van der Waals surface area (Å²) < 4.78 is 0. The average molecular weight is 215 g/mol. The maximum atomic E-state index is 11.3. The van der Waals surface area contributed by atoms with Crippen molar-refractivity contribution in [3.05, 3.63) is 41.5 Å². The molecule has 1 aromatic carbocycles. The summed E-state index contributed by atoms with van der Waals surface area (Å²) in [4.78, 5) is 21.5. The third-order valence-electron chi connectivity index (χ3n) is 1.89. The van der Waals surface area contributed by atoms with Crippen molar-refractivity contribution in [1.82, 2.24) is 0 Å². The molecular weight excluding hydrogens is 206 g/mol. The number of nitrogens with zero attached hydrogens (tertiary/aromatic N) is 1. The zero-order valence-corrected chi connectivity index (χ0v) is 8.38. The molecule has 0 aliphatic carbocycles. The van der Waals surface area contributed by atoms with E-state index in [0.29, 0.717) is 11.1 Å². The summed E-state index contributed by atoms with van der Waals surface area (Å²) in [6.07, 6.45) is 2.30. The van der Waals surface area contributed by atoms with Crippen LogP contribution in [-0.2, 0) is 4.79 Å². The number of hydrogen-bond donors (Lipinski definition) is 1. The first-order valence-corrected chi connectivity index (χ1v) is 4.54. The fourth-order valence-electron chi connectivity index (χ4n) is 1.12. The van der Waals surface area contributed by atoms with Crippen LogP contribution in [0.1, 0.15) is 22.3 Å². The Labute approximate surface area is 92.4 Å². The topological polar surface area (TPSA) is 78.2 Å². The number of carbonyl (C=O) groups excluding carboxylic acids is 1. The van der Waals surface area contributed by atoms with Gasteiger partial charge in [0.05, 0.1) is 12.5 Å². The molecule has 0 heterocycles. The van der Waals surface area contributed by atoms with Gasteiger partial charge < -0.3 is 5.11 Å². The first-order chi connectivity index (χ1) is 7.63. The van der Waals surface area contributed by atoms with Crippen LogP contribution in [0.5, 0.6) is 0 Å². The molecule has 4 nitrogen and oxygen atoms in total.